The summed E-state index contributed by atoms with van der Waals surface area (Å²) in [4.78, 5) is 23.5. The number of hydrogen-bond donors (Lipinski definition) is 3. The second kappa shape index (κ2) is 6.91. The zero-order valence-corrected chi connectivity index (χ0v) is 14.1. The molecule has 26 heavy (non-hydrogen) atoms. The van der Waals surface area contributed by atoms with Crippen LogP contribution >= 0.6 is 0 Å². The van der Waals surface area contributed by atoms with Crippen molar-refractivity contribution in [3.8, 4) is 11.5 Å². The van der Waals surface area contributed by atoms with Gasteiger partial charge in [0, 0.05) is 12.1 Å². The summed E-state index contributed by atoms with van der Waals surface area (Å²) in [5, 5.41) is 14.8. The van der Waals surface area contributed by atoms with Gasteiger partial charge in [0.25, 0.3) is 5.91 Å². The molecule has 1 aliphatic heterocycles. The third kappa shape index (κ3) is 3.13. The second-order valence-corrected chi connectivity index (χ2v) is 5.70. The van der Waals surface area contributed by atoms with Crippen LogP contribution in [0.3, 0.4) is 0 Å². The number of fused-ring (bicyclic) bond motifs is 1. The SMILES string of the molecule is COc1ccc([C@@H](Nc2cc3c(cc2F)CNC3=O)C(=O)O)cc1OC. The monoisotopic (exact) mass is 360 g/mol. The van der Waals surface area contributed by atoms with E-state index in [1.807, 2.05) is 0 Å². The van der Waals surface area contributed by atoms with E-state index in [-0.39, 0.29) is 18.1 Å². The predicted octanol–water partition coefficient (Wildman–Crippen LogP) is 2.32. The molecule has 136 valence electrons. The minimum absolute atomic E-state index is 0.0667. The van der Waals surface area contributed by atoms with Gasteiger partial charge in [-0.2, -0.15) is 0 Å². The molecule has 1 amide bonds. The van der Waals surface area contributed by atoms with Gasteiger partial charge >= 0.3 is 5.97 Å². The number of carbonyl (C=O) groups is 2. The van der Waals surface area contributed by atoms with Crippen LogP contribution in [0.25, 0.3) is 0 Å². The van der Waals surface area contributed by atoms with Crippen molar-refractivity contribution in [3.63, 3.8) is 0 Å². The van der Waals surface area contributed by atoms with Crippen molar-refractivity contribution < 1.29 is 28.6 Å². The number of carboxylic acid groups (broad SMARTS) is 1. The number of carbonyl (C=O) groups excluding carboxylic acids is 1. The number of aliphatic carboxylic acids is 1. The fourth-order valence-corrected chi connectivity index (χ4v) is 2.83. The molecule has 1 aliphatic rings. The highest BCUT2D eigenvalue weighted by Gasteiger charge is 2.26. The molecule has 3 rings (SSSR count). The minimum Gasteiger partial charge on any atom is -0.493 e. The van der Waals surface area contributed by atoms with E-state index in [1.165, 1.54) is 32.4 Å². The number of halogens is 1. The first kappa shape index (κ1) is 17.5. The topological polar surface area (TPSA) is 96.9 Å². The summed E-state index contributed by atoms with van der Waals surface area (Å²) in [7, 11) is 2.90. The van der Waals surface area contributed by atoms with Crippen molar-refractivity contribution >= 4 is 17.6 Å². The number of carboxylic acids is 1. The number of amides is 1. The fourth-order valence-electron chi connectivity index (χ4n) is 2.83. The first-order valence-corrected chi connectivity index (χ1v) is 7.76. The number of anilines is 1. The van der Waals surface area contributed by atoms with Crippen LogP contribution in [0.2, 0.25) is 0 Å². The molecule has 0 aliphatic carbocycles. The normalized spacial score (nSPS) is 13.6. The summed E-state index contributed by atoms with van der Waals surface area (Å²) in [6.07, 6.45) is 0. The molecule has 1 heterocycles. The molecular weight excluding hydrogens is 343 g/mol. The highest BCUT2D eigenvalue weighted by molar-refractivity contribution is 5.99. The molecule has 0 fully saturated rings. The lowest BCUT2D eigenvalue weighted by molar-refractivity contribution is -0.138. The number of nitrogens with one attached hydrogen (secondary N) is 2. The van der Waals surface area contributed by atoms with Gasteiger partial charge in [-0.05, 0) is 35.4 Å². The van der Waals surface area contributed by atoms with Gasteiger partial charge in [0.05, 0.1) is 19.9 Å². The van der Waals surface area contributed by atoms with Gasteiger partial charge in [-0.25, -0.2) is 9.18 Å². The van der Waals surface area contributed by atoms with Crippen LogP contribution in [0.5, 0.6) is 11.5 Å². The van der Waals surface area contributed by atoms with Crippen LogP contribution in [0.1, 0.15) is 27.5 Å². The number of methoxy groups -OCH3 is 2. The van der Waals surface area contributed by atoms with Crippen LogP contribution in [0.15, 0.2) is 30.3 Å². The van der Waals surface area contributed by atoms with Crippen LogP contribution in [0.4, 0.5) is 10.1 Å². The second-order valence-electron chi connectivity index (χ2n) is 5.70. The van der Waals surface area contributed by atoms with Gasteiger partial charge in [-0.3, -0.25) is 4.79 Å². The molecule has 2 aromatic rings. The van der Waals surface area contributed by atoms with Gasteiger partial charge in [0.1, 0.15) is 5.82 Å². The Morgan fingerprint density at radius 2 is 1.96 bits per heavy atom. The van der Waals surface area contributed by atoms with Crippen molar-refractivity contribution in [2.75, 3.05) is 19.5 Å². The quantitative estimate of drug-likeness (QED) is 0.732. The third-order valence-corrected chi connectivity index (χ3v) is 4.16. The average molecular weight is 360 g/mol. The van der Waals surface area contributed by atoms with Crippen molar-refractivity contribution in [1.82, 2.24) is 5.32 Å². The van der Waals surface area contributed by atoms with Gasteiger partial charge in [-0.15, -0.1) is 0 Å². The summed E-state index contributed by atoms with van der Waals surface area (Å²) in [6.45, 7) is 0.253. The Morgan fingerprint density at radius 1 is 1.23 bits per heavy atom. The number of benzene rings is 2. The molecule has 0 saturated carbocycles. The molecule has 8 heteroatoms. The minimum atomic E-state index is -1.24. The smallest absolute Gasteiger partial charge is 0.330 e. The van der Waals surface area contributed by atoms with Crippen molar-refractivity contribution in [2.45, 2.75) is 12.6 Å². The highest BCUT2D eigenvalue weighted by atomic mass is 19.1. The summed E-state index contributed by atoms with van der Waals surface area (Å²) < 4.78 is 24.7. The maximum Gasteiger partial charge on any atom is 0.330 e. The van der Waals surface area contributed by atoms with Crippen LogP contribution < -0.4 is 20.1 Å². The van der Waals surface area contributed by atoms with E-state index in [1.54, 1.807) is 12.1 Å². The van der Waals surface area contributed by atoms with E-state index in [9.17, 15) is 19.1 Å². The van der Waals surface area contributed by atoms with Crippen molar-refractivity contribution in [2.24, 2.45) is 0 Å². The van der Waals surface area contributed by atoms with E-state index < -0.39 is 17.8 Å². The van der Waals surface area contributed by atoms with E-state index in [0.717, 1.165) is 0 Å². The first-order chi connectivity index (χ1) is 12.4. The Labute approximate surface area is 148 Å². The average Bonchev–Trinajstić information content (AvgIpc) is 2.98. The van der Waals surface area contributed by atoms with Crippen LogP contribution in [-0.2, 0) is 11.3 Å². The molecule has 0 saturated heterocycles. The molecule has 0 radical (unpaired) electrons. The lowest BCUT2D eigenvalue weighted by Crippen LogP contribution is -2.21. The Kier molecular flexibility index (Phi) is 4.66. The lowest BCUT2D eigenvalue weighted by Gasteiger charge is -2.19. The Bertz CT molecular complexity index is 884. The summed E-state index contributed by atoms with van der Waals surface area (Å²) >= 11 is 0. The third-order valence-electron chi connectivity index (χ3n) is 4.16. The van der Waals surface area contributed by atoms with Crippen molar-refractivity contribution in [1.29, 1.82) is 0 Å². The number of hydrogen-bond acceptors (Lipinski definition) is 5. The lowest BCUT2D eigenvalue weighted by atomic mass is 10.0. The Hall–Kier alpha value is -3.29. The molecular formula is C18H17FN2O5. The first-order valence-electron chi connectivity index (χ1n) is 7.76. The van der Waals surface area contributed by atoms with E-state index >= 15 is 0 Å². The predicted molar refractivity (Wildman–Crippen MR) is 91.1 cm³/mol. The molecule has 2 aromatic carbocycles. The zero-order valence-electron chi connectivity index (χ0n) is 14.1. The fraction of sp³-hybridized carbons (Fsp3) is 0.222. The standard InChI is InChI=1S/C18H17FN2O5/c1-25-14-4-3-9(6-15(14)26-2)16(18(23)24)21-13-7-11-10(5-12(13)19)8-20-17(11)22/h3-7,16,21H,8H2,1-2H3,(H,20,22)(H,23,24)/t16-/m1/s1. The molecule has 0 bridgehead atoms. The summed E-state index contributed by atoms with van der Waals surface area (Å²) in [5.74, 6) is -1.36. The van der Waals surface area contributed by atoms with E-state index in [4.69, 9.17) is 9.47 Å². The zero-order chi connectivity index (χ0) is 18.8. The maximum absolute atomic E-state index is 14.3. The molecule has 0 spiro atoms. The molecule has 3 N–H and O–H groups in total. The van der Waals surface area contributed by atoms with Crippen molar-refractivity contribution in [3.05, 3.63) is 52.8 Å². The van der Waals surface area contributed by atoms with Gasteiger partial charge < -0.3 is 25.2 Å². The highest BCUT2D eigenvalue weighted by Crippen LogP contribution is 2.32. The van der Waals surface area contributed by atoms with E-state index in [0.29, 0.717) is 28.2 Å². The molecule has 1 atom stereocenters. The van der Waals surface area contributed by atoms with Crippen LogP contribution in [-0.4, -0.2) is 31.2 Å². The largest absolute Gasteiger partial charge is 0.493 e. The number of ether oxygens (including phenoxy) is 2. The van der Waals surface area contributed by atoms with Gasteiger partial charge in [0.15, 0.2) is 17.5 Å². The van der Waals surface area contributed by atoms with E-state index in [2.05, 4.69) is 10.6 Å². The maximum atomic E-state index is 14.3. The Balaban J connectivity index is 1.97. The molecule has 0 unspecified atom stereocenters. The van der Waals surface area contributed by atoms with Gasteiger partial charge in [-0.1, -0.05) is 6.07 Å². The summed E-state index contributed by atoms with van der Waals surface area (Å²) in [5.41, 5.74) is 1.14. The molecule has 7 nitrogen and oxygen atoms in total. The number of rotatable bonds is 6. The summed E-state index contributed by atoms with van der Waals surface area (Å²) in [6, 6.07) is 5.92. The van der Waals surface area contributed by atoms with Gasteiger partial charge in [0.2, 0.25) is 0 Å². The molecule has 0 aromatic heterocycles. The Morgan fingerprint density at radius 3 is 2.62 bits per heavy atom. The van der Waals surface area contributed by atoms with Crippen LogP contribution in [0, 0.1) is 5.82 Å².